The second kappa shape index (κ2) is 1.34. The van der Waals surface area contributed by atoms with Crippen LogP contribution < -0.4 is 17.3 Å². The van der Waals surface area contributed by atoms with Gasteiger partial charge in [0.1, 0.15) is 0 Å². The van der Waals surface area contributed by atoms with Crippen LogP contribution in [0.3, 0.4) is 0 Å². The molecule has 0 aromatic rings. The van der Waals surface area contributed by atoms with Gasteiger partial charge < -0.3 is 5.21 Å². The van der Waals surface area contributed by atoms with E-state index in [9.17, 15) is 5.21 Å². The van der Waals surface area contributed by atoms with Crippen LogP contribution >= 0.6 is 0 Å². The summed E-state index contributed by atoms with van der Waals surface area (Å²) in [6, 6.07) is 0. The molecular formula is CH6N4O. The lowest BCUT2D eigenvalue weighted by molar-refractivity contribution is -0.471. The summed E-state index contributed by atoms with van der Waals surface area (Å²) < 4.78 is 0. The fourth-order valence-electron chi connectivity index (χ4n) is 0. The zero-order valence-electron chi connectivity index (χ0n) is 3.09. The molecule has 0 fully saturated rings. The maximum Gasteiger partial charge on any atom is 0.363 e. The minimum atomic E-state index is -0.435. The predicted octanol–water partition coefficient (Wildman–Crippen LogP) is -2.36. The summed E-state index contributed by atoms with van der Waals surface area (Å²) >= 11 is 0. The van der Waals surface area contributed by atoms with Crippen LogP contribution in [0.2, 0.25) is 0 Å². The maximum atomic E-state index is 9.55. The second-order valence-corrected chi connectivity index (χ2v) is 0.751. The molecule has 0 saturated carbocycles. The summed E-state index contributed by atoms with van der Waals surface area (Å²) in [5, 5.41) is 9.55. The van der Waals surface area contributed by atoms with Gasteiger partial charge in [-0.15, -0.1) is 0 Å². The Morgan fingerprint density at radius 2 is 1.67 bits per heavy atom. The molecule has 36 valence electrons. The minimum Gasteiger partial charge on any atom is -0.724 e. The van der Waals surface area contributed by atoms with Crippen LogP contribution in [0.15, 0.2) is 0 Å². The molecule has 0 atom stereocenters. The maximum absolute atomic E-state index is 9.55. The van der Waals surface area contributed by atoms with Gasteiger partial charge in [0.2, 0.25) is 0 Å². The fraction of sp³-hybridized carbons (Fsp3) is 0. The summed E-state index contributed by atoms with van der Waals surface area (Å²) in [7, 11) is 0. The number of hydrogen-bond donors (Lipinski definition) is 3. The number of guanidine groups is 1. The van der Waals surface area contributed by atoms with E-state index >= 15 is 0 Å². The lowest BCUT2D eigenvalue weighted by atomic mass is 11.1. The first kappa shape index (κ1) is 4.87. The van der Waals surface area contributed by atoms with Crippen LogP contribution in [0.5, 0.6) is 0 Å². The highest BCUT2D eigenvalue weighted by Crippen LogP contribution is 1.40. The van der Waals surface area contributed by atoms with Crippen LogP contribution in [-0.4, -0.2) is 10.8 Å². The first-order valence-electron chi connectivity index (χ1n) is 1.24. The van der Waals surface area contributed by atoms with Crippen molar-refractivity contribution in [2.45, 2.75) is 0 Å². The number of hydrazone groups is 1. The zero-order chi connectivity index (χ0) is 5.15. The standard InChI is InChI=1S/CH6N4O/c2-1(3)5(4)6/h2-4H2. The fourth-order valence-corrected chi connectivity index (χ4v) is 0. The normalized spacial score (nSPS) is 7.33. The van der Waals surface area contributed by atoms with E-state index in [2.05, 4.69) is 17.3 Å². The SMILES string of the molecule is NC(N)=[N+](N)[O-]. The average molecular weight is 90.1 g/mol. The zero-order valence-corrected chi connectivity index (χ0v) is 3.09. The number of nitrogens with two attached hydrogens (primary N) is 3. The van der Waals surface area contributed by atoms with Gasteiger partial charge in [0.25, 0.3) is 0 Å². The highest BCUT2D eigenvalue weighted by Gasteiger charge is 1.79. The molecule has 6 N–H and O–H groups in total. The molecule has 0 heterocycles. The number of hydrazine groups is 1. The van der Waals surface area contributed by atoms with Gasteiger partial charge in [-0.2, -0.15) is 4.85 Å². The predicted molar refractivity (Wildman–Crippen MR) is 21.2 cm³/mol. The quantitative estimate of drug-likeness (QED) is 0.0772. The van der Waals surface area contributed by atoms with E-state index < -0.39 is 5.96 Å². The lowest BCUT2D eigenvalue weighted by Gasteiger charge is -1.99. The van der Waals surface area contributed by atoms with Gasteiger partial charge in [-0.05, 0) is 0 Å². The van der Waals surface area contributed by atoms with Crippen molar-refractivity contribution in [2.24, 2.45) is 17.3 Å². The molecule has 0 radical (unpaired) electrons. The average Bonchev–Trinajstić information content (AvgIpc) is 1.36. The first-order chi connectivity index (χ1) is 2.64. The summed E-state index contributed by atoms with van der Waals surface area (Å²) in [4.78, 5) is -0.111. The Morgan fingerprint density at radius 3 is 1.67 bits per heavy atom. The molecule has 5 heteroatoms. The smallest absolute Gasteiger partial charge is 0.363 e. The lowest BCUT2D eigenvalue weighted by Crippen LogP contribution is -2.36. The Bertz CT molecular complexity index is 57.6. The Kier molecular flexibility index (Phi) is 1.09. The summed E-state index contributed by atoms with van der Waals surface area (Å²) in [6.45, 7) is 0. The van der Waals surface area contributed by atoms with Crippen molar-refractivity contribution >= 4 is 5.96 Å². The highest BCUT2D eigenvalue weighted by atomic mass is 16.5. The van der Waals surface area contributed by atoms with Gasteiger partial charge in [0.15, 0.2) is 0 Å². The number of hydrogen-bond acceptors (Lipinski definition) is 2. The molecule has 0 bridgehead atoms. The molecule has 0 saturated heterocycles. The van der Waals surface area contributed by atoms with Gasteiger partial charge in [-0.25, -0.2) is 0 Å². The molecule has 0 aliphatic heterocycles. The summed E-state index contributed by atoms with van der Waals surface area (Å²) in [5.41, 5.74) is 9.24. The van der Waals surface area contributed by atoms with Crippen LogP contribution in [0.25, 0.3) is 0 Å². The van der Waals surface area contributed by atoms with Crippen LogP contribution in [-0.2, 0) is 0 Å². The molecule has 0 aromatic carbocycles. The van der Waals surface area contributed by atoms with E-state index in [-0.39, 0.29) is 4.85 Å². The Labute approximate surface area is 34.6 Å². The molecular weight excluding hydrogens is 84.0 g/mol. The van der Waals surface area contributed by atoms with E-state index in [1.807, 2.05) is 0 Å². The molecule has 0 unspecified atom stereocenters. The van der Waals surface area contributed by atoms with E-state index in [0.29, 0.717) is 0 Å². The molecule has 0 spiro atoms. The molecule has 0 aliphatic rings. The monoisotopic (exact) mass is 90.1 g/mol. The summed E-state index contributed by atoms with van der Waals surface area (Å²) in [6.07, 6.45) is 0. The van der Waals surface area contributed by atoms with Crippen LogP contribution in [0, 0.1) is 5.21 Å². The van der Waals surface area contributed by atoms with Gasteiger partial charge in [0, 0.05) is 0 Å². The van der Waals surface area contributed by atoms with Crippen molar-refractivity contribution in [3.63, 3.8) is 0 Å². The largest absolute Gasteiger partial charge is 0.724 e. The molecule has 0 rings (SSSR count). The second-order valence-electron chi connectivity index (χ2n) is 0.751. The van der Waals surface area contributed by atoms with Crippen molar-refractivity contribution in [3.05, 3.63) is 5.21 Å². The number of rotatable bonds is 0. The van der Waals surface area contributed by atoms with Crippen molar-refractivity contribution in [3.8, 4) is 0 Å². The van der Waals surface area contributed by atoms with Gasteiger partial charge in [-0.3, -0.25) is 17.3 Å². The van der Waals surface area contributed by atoms with Crippen molar-refractivity contribution in [1.82, 2.24) is 0 Å². The van der Waals surface area contributed by atoms with E-state index in [4.69, 9.17) is 0 Å². The van der Waals surface area contributed by atoms with Crippen LogP contribution in [0.4, 0.5) is 0 Å². The molecule has 0 aromatic heterocycles. The Morgan fingerprint density at radius 1 is 1.50 bits per heavy atom. The van der Waals surface area contributed by atoms with Crippen molar-refractivity contribution in [2.75, 3.05) is 0 Å². The minimum absolute atomic E-state index is 0.111. The molecule has 0 aliphatic carbocycles. The molecule has 0 amide bonds. The van der Waals surface area contributed by atoms with Crippen molar-refractivity contribution in [1.29, 1.82) is 0 Å². The van der Waals surface area contributed by atoms with E-state index in [1.54, 1.807) is 0 Å². The van der Waals surface area contributed by atoms with E-state index in [0.717, 1.165) is 0 Å². The third-order valence-electron chi connectivity index (χ3n) is 0.254. The summed E-state index contributed by atoms with van der Waals surface area (Å²) in [5.74, 6) is 3.99. The topological polar surface area (TPSA) is 104 Å². The van der Waals surface area contributed by atoms with Gasteiger partial charge in [-0.1, -0.05) is 0 Å². The van der Waals surface area contributed by atoms with Crippen molar-refractivity contribution < 1.29 is 4.85 Å². The molecule has 6 heavy (non-hydrogen) atoms. The first-order valence-corrected chi connectivity index (χ1v) is 1.24. The third kappa shape index (κ3) is 1.22. The Balaban J connectivity index is 3.68. The number of nitrogens with zero attached hydrogens (tertiary/aromatic N) is 1. The highest BCUT2D eigenvalue weighted by molar-refractivity contribution is 5.70. The van der Waals surface area contributed by atoms with Gasteiger partial charge >= 0.3 is 5.96 Å². The Hall–Kier alpha value is -1.13. The van der Waals surface area contributed by atoms with E-state index in [1.165, 1.54) is 0 Å². The third-order valence-corrected chi connectivity index (χ3v) is 0.254. The van der Waals surface area contributed by atoms with Crippen LogP contribution in [0.1, 0.15) is 0 Å². The molecule has 5 nitrogen and oxygen atoms in total. The van der Waals surface area contributed by atoms with Gasteiger partial charge in [0.05, 0.1) is 0 Å².